The first-order chi connectivity index (χ1) is 20.6. The maximum atomic E-state index is 5.91. The average molecular weight is 587 g/mol. The van der Waals surface area contributed by atoms with Crippen molar-refractivity contribution < 1.29 is 9.47 Å². The van der Waals surface area contributed by atoms with Crippen molar-refractivity contribution in [3.8, 4) is 33.8 Å². The van der Waals surface area contributed by atoms with Gasteiger partial charge in [0, 0.05) is 21.6 Å². The third-order valence-electron chi connectivity index (χ3n) is 7.89. The lowest BCUT2D eigenvalue weighted by atomic mass is 9.96. The second kappa shape index (κ2) is 12.6. The molecule has 0 bridgehead atoms. The monoisotopic (exact) mass is 586 g/mol. The molecule has 2 nitrogen and oxygen atoms in total. The first-order valence-electron chi connectivity index (χ1n) is 14.2. The Hall–Kier alpha value is -3.86. The van der Waals surface area contributed by atoms with Crippen LogP contribution in [0.5, 0.6) is 11.5 Å². The van der Waals surface area contributed by atoms with E-state index in [0.29, 0.717) is 0 Å². The molecule has 4 heteroatoms. The molecule has 0 aromatic heterocycles. The van der Waals surface area contributed by atoms with Crippen LogP contribution in [0.1, 0.15) is 35.5 Å². The predicted octanol–water partition coefficient (Wildman–Crippen LogP) is 11.5. The highest BCUT2D eigenvalue weighted by molar-refractivity contribution is 8.76. The summed E-state index contributed by atoms with van der Waals surface area (Å²) in [6, 6.07) is 43.2. The Balaban J connectivity index is 1.20. The number of methoxy groups -OCH3 is 2. The molecular weight excluding hydrogens is 553 g/mol. The van der Waals surface area contributed by atoms with Crippen molar-refractivity contribution in [3.63, 3.8) is 0 Å². The van der Waals surface area contributed by atoms with Crippen LogP contribution in [-0.2, 0) is 0 Å². The summed E-state index contributed by atoms with van der Waals surface area (Å²) in [5.41, 5.74) is 7.18. The van der Waals surface area contributed by atoms with Gasteiger partial charge < -0.3 is 9.47 Å². The largest absolute Gasteiger partial charge is 0.496 e. The van der Waals surface area contributed by atoms with Crippen LogP contribution < -0.4 is 9.47 Å². The standard InChI is InChI=1S/C38H34O2S2/c1-25(31-21-19-29(23-37(31)39-3)35-17-9-13-27-11-5-7-15-33(27)35)41-42-26(2)32-22-20-30(24-38(32)40-4)36-18-10-14-28-12-6-8-16-34(28)36/h5-26H,1-4H3/t25-,26-/m1/s1. The van der Waals surface area contributed by atoms with Gasteiger partial charge in [0.2, 0.25) is 0 Å². The van der Waals surface area contributed by atoms with E-state index in [9.17, 15) is 0 Å². The van der Waals surface area contributed by atoms with Gasteiger partial charge >= 0.3 is 0 Å². The van der Waals surface area contributed by atoms with Gasteiger partial charge in [0.1, 0.15) is 11.5 Å². The molecule has 0 aliphatic rings. The van der Waals surface area contributed by atoms with Crippen molar-refractivity contribution >= 4 is 43.1 Å². The van der Waals surface area contributed by atoms with Gasteiger partial charge in [-0.15, -0.1) is 0 Å². The van der Waals surface area contributed by atoms with E-state index in [1.165, 1.54) is 54.9 Å². The van der Waals surface area contributed by atoms with Crippen LogP contribution in [-0.4, -0.2) is 14.2 Å². The van der Waals surface area contributed by atoms with Crippen LogP contribution in [0.25, 0.3) is 43.8 Å². The van der Waals surface area contributed by atoms with E-state index in [0.717, 1.165) is 11.5 Å². The van der Waals surface area contributed by atoms with E-state index < -0.39 is 0 Å². The zero-order valence-electron chi connectivity index (χ0n) is 24.3. The Labute approximate surface area is 256 Å². The van der Waals surface area contributed by atoms with Crippen LogP contribution >= 0.6 is 21.6 Å². The average Bonchev–Trinajstić information content (AvgIpc) is 3.05. The number of ether oxygens (including phenoxy) is 2. The highest BCUT2D eigenvalue weighted by atomic mass is 33.1. The summed E-state index contributed by atoms with van der Waals surface area (Å²) in [6.45, 7) is 4.50. The van der Waals surface area contributed by atoms with Crippen molar-refractivity contribution in [1.82, 2.24) is 0 Å². The Morgan fingerprint density at radius 1 is 0.476 bits per heavy atom. The van der Waals surface area contributed by atoms with Gasteiger partial charge in [-0.25, -0.2) is 0 Å². The lowest BCUT2D eigenvalue weighted by Gasteiger charge is -2.20. The molecule has 0 unspecified atom stereocenters. The van der Waals surface area contributed by atoms with E-state index in [1.807, 2.05) is 21.6 Å². The summed E-state index contributed by atoms with van der Waals surface area (Å²) in [4.78, 5) is 0. The smallest absolute Gasteiger partial charge is 0.123 e. The summed E-state index contributed by atoms with van der Waals surface area (Å²) in [6.07, 6.45) is 0. The second-order valence-electron chi connectivity index (χ2n) is 10.4. The van der Waals surface area contributed by atoms with Crippen LogP contribution in [0.2, 0.25) is 0 Å². The van der Waals surface area contributed by atoms with Gasteiger partial charge in [-0.3, -0.25) is 0 Å². The summed E-state index contributed by atoms with van der Waals surface area (Å²) in [7, 11) is 7.27. The molecule has 0 N–H and O–H groups in total. The van der Waals surface area contributed by atoms with Crippen LogP contribution in [0.4, 0.5) is 0 Å². The van der Waals surface area contributed by atoms with Gasteiger partial charge in [-0.05, 0) is 69.8 Å². The van der Waals surface area contributed by atoms with E-state index >= 15 is 0 Å². The minimum Gasteiger partial charge on any atom is -0.496 e. The van der Waals surface area contributed by atoms with Crippen molar-refractivity contribution in [2.75, 3.05) is 14.2 Å². The maximum Gasteiger partial charge on any atom is 0.123 e. The molecule has 0 aliphatic heterocycles. The third-order valence-corrected chi connectivity index (χ3v) is 11.2. The molecule has 6 aromatic rings. The summed E-state index contributed by atoms with van der Waals surface area (Å²) >= 11 is 0. The fourth-order valence-corrected chi connectivity index (χ4v) is 8.21. The zero-order chi connectivity index (χ0) is 29.1. The normalized spacial score (nSPS) is 12.8. The Morgan fingerprint density at radius 2 is 0.881 bits per heavy atom. The lowest BCUT2D eigenvalue weighted by molar-refractivity contribution is 0.410. The molecule has 0 saturated carbocycles. The van der Waals surface area contributed by atoms with Crippen LogP contribution in [0.3, 0.4) is 0 Å². The molecule has 0 amide bonds. The van der Waals surface area contributed by atoms with Crippen molar-refractivity contribution in [2.45, 2.75) is 24.3 Å². The molecule has 6 aromatic carbocycles. The van der Waals surface area contributed by atoms with Gasteiger partial charge in [-0.2, -0.15) is 0 Å². The van der Waals surface area contributed by atoms with E-state index in [1.54, 1.807) is 14.2 Å². The van der Waals surface area contributed by atoms with Gasteiger partial charge in [0.05, 0.1) is 14.2 Å². The first-order valence-corrected chi connectivity index (χ1v) is 16.5. The van der Waals surface area contributed by atoms with Crippen molar-refractivity contribution in [2.24, 2.45) is 0 Å². The quantitative estimate of drug-likeness (QED) is 0.157. The number of hydrogen-bond donors (Lipinski definition) is 0. The predicted molar refractivity (Wildman–Crippen MR) is 184 cm³/mol. The molecule has 210 valence electrons. The molecule has 0 saturated heterocycles. The fourth-order valence-electron chi connectivity index (χ4n) is 5.65. The van der Waals surface area contributed by atoms with Crippen LogP contribution in [0.15, 0.2) is 121 Å². The molecular formula is C38H34O2S2. The van der Waals surface area contributed by atoms with Crippen molar-refractivity contribution in [1.29, 1.82) is 0 Å². The van der Waals surface area contributed by atoms with E-state index in [4.69, 9.17) is 9.47 Å². The fraction of sp³-hybridized carbons (Fsp3) is 0.158. The minimum atomic E-state index is 0.245. The summed E-state index contributed by atoms with van der Waals surface area (Å²) < 4.78 is 11.8. The van der Waals surface area contributed by atoms with Gasteiger partial charge in [0.25, 0.3) is 0 Å². The number of rotatable bonds is 9. The Bertz CT molecular complexity index is 1720. The molecule has 2 atom stereocenters. The first kappa shape index (κ1) is 28.3. The van der Waals surface area contributed by atoms with E-state index in [2.05, 4.69) is 135 Å². The number of hydrogen-bond acceptors (Lipinski definition) is 4. The zero-order valence-corrected chi connectivity index (χ0v) is 26.0. The third kappa shape index (κ3) is 5.62. The van der Waals surface area contributed by atoms with Gasteiger partial charge in [-0.1, -0.05) is 131 Å². The maximum absolute atomic E-state index is 5.91. The summed E-state index contributed by atoms with van der Waals surface area (Å²) in [5.74, 6) is 1.84. The second-order valence-corrected chi connectivity index (χ2v) is 13.4. The molecule has 0 heterocycles. The molecule has 42 heavy (non-hydrogen) atoms. The molecule has 0 radical (unpaired) electrons. The van der Waals surface area contributed by atoms with E-state index in [-0.39, 0.29) is 10.5 Å². The Kier molecular flexibility index (Phi) is 8.46. The highest BCUT2D eigenvalue weighted by Gasteiger charge is 2.19. The molecule has 0 fully saturated rings. The number of fused-ring (bicyclic) bond motifs is 2. The minimum absolute atomic E-state index is 0.245. The molecule has 0 aliphatic carbocycles. The number of benzene rings is 6. The molecule has 6 rings (SSSR count). The highest BCUT2D eigenvalue weighted by Crippen LogP contribution is 2.50. The van der Waals surface area contributed by atoms with Gasteiger partial charge in [0.15, 0.2) is 0 Å². The summed E-state index contributed by atoms with van der Waals surface area (Å²) in [5, 5.41) is 5.48. The molecule has 0 spiro atoms. The lowest BCUT2D eigenvalue weighted by Crippen LogP contribution is -1.97. The Morgan fingerprint density at radius 3 is 1.31 bits per heavy atom. The topological polar surface area (TPSA) is 18.5 Å². The van der Waals surface area contributed by atoms with Crippen molar-refractivity contribution in [3.05, 3.63) is 132 Å². The SMILES string of the molecule is COc1cc(-c2cccc3ccccc23)ccc1[C@@H](C)SS[C@H](C)c1ccc(-c2cccc3ccccc23)cc1OC. The van der Waals surface area contributed by atoms with Crippen LogP contribution in [0, 0.1) is 0 Å².